The molecule has 2 heterocycles. The molecule has 0 radical (unpaired) electrons. The Kier molecular flexibility index (Phi) is 4.61. The number of carbonyl (C=O) groups excluding carboxylic acids is 4. The Bertz CT molecular complexity index is 1160. The zero-order valence-electron chi connectivity index (χ0n) is 17.4. The zero-order valence-corrected chi connectivity index (χ0v) is 17.4. The van der Waals surface area contributed by atoms with Crippen LogP contribution in [-0.4, -0.2) is 41.9 Å². The number of imide groups is 1. The van der Waals surface area contributed by atoms with Gasteiger partial charge in [0.2, 0.25) is 11.8 Å². The summed E-state index contributed by atoms with van der Waals surface area (Å²) in [4.78, 5) is 50.8. The molecule has 2 aliphatic heterocycles. The number of hydrogen-bond donors (Lipinski definition) is 3. The normalized spacial score (nSPS) is 23.7. The van der Waals surface area contributed by atoms with Crippen molar-refractivity contribution in [1.29, 1.82) is 0 Å². The molecule has 0 aromatic heterocycles. The molecule has 3 N–H and O–H groups in total. The average molecular weight is 434 g/mol. The third-order valence-corrected chi connectivity index (χ3v) is 6.04. The van der Waals surface area contributed by atoms with Crippen LogP contribution in [0.4, 0.5) is 16.2 Å². The second-order valence-electron chi connectivity index (χ2n) is 8.46. The van der Waals surface area contributed by atoms with Crippen molar-refractivity contribution in [2.75, 3.05) is 16.8 Å². The fourth-order valence-corrected chi connectivity index (χ4v) is 4.58. The second-order valence-corrected chi connectivity index (χ2v) is 8.46. The maximum atomic E-state index is 12.8. The van der Waals surface area contributed by atoms with Crippen LogP contribution in [-0.2, 0) is 27.2 Å². The first-order valence-corrected chi connectivity index (χ1v) is 10.4. The van der Waals surface area contributed by atoms with Crippen LogP contribution in [0.2, 0.25) is 0 Å². The molecule has 2 aromatic carbocycles. The van der Waals surface area contributed by atoms with Crippen LogP contribution < -0.4 is 25.6 Å². The van der Waals surface area contributed by atoms with Crippen LogP contribution in [0, 0.1) is 0 Å². The summed E-state index contributed by atoms with van der Waals surface area (Å²) in [5.74, 6) is -0.295. The number of fused-ring (bicyclic) bond motifs is 2. The van der Waals surface area contributed by atoms with Gasteiger partial charge in [0.15, 0.2) is 0 Å². The fraction of sp³-hybridized carbons (Fsp3) is 0.304. The highest BCUT2D eigenvalue weighted by molar-refractivity contribution is 6.08. The molecule has 0 bridgehead atoms. The Balaban J connectivity index is 1.31. The molecule has 9 nitrogen and oxygen atoms in total. The van der Waals surface area contributed by atoms with E-state index in [0.29, 0.717) is 30.0 Å². The molecular weight excluding hydrogens is 412 g/mol. The molecule has 1 spiro atoms. The predicted octanol–water partition coefficient (Wildman–Crippen LogP) is 1.51. The molecule has 164 valence electrons. The minimum atomic E-state index is -0.957. The van der Waals surface area contributed by atoms with Crippen LogP contribution >= 0.6 is 0 Å². The molecule has 0 saturated carbocycles. The van der Waals surface area contributed by atoms with E-state index in [-0.39, 0.29) is 36.8 Å². The van der Waals surface area contributed by atoms with Gasteiger partial charge in [0.1, 0.15) is 23.9 Å². The Morgan fingerprint density at radius 1 is 1.16 bits per heavy atom. The summed E-state index contributed by atoms with van der Waals surface area (Å²) in [6.07, 6.45) is 0.660. The van der Waals surface area contributed by atoms with Crippen molar-refractivity contribution in [2.24, 2.45) is 0 Å². The number of hydrogen-bond acceptors (Lipinski definition) is 5. The van der Waals surface area contributed by atoms with E-state index in [9.17, 15) is 19.2 Å². The van der Waals surface area contributed by atoms with Gasteiger partial charge in [-0.2, -0.15) is 0 Å². The maximum absolute atomic E-state index is 12.8. The van der Waals surface area contributed by atoms with E-state index in [1.165, 1.54) is 4.90 Å². The molecule has 1 aliphatic carbocycles. The Morgan fingerprint density at radius 3 is 2.72 bits per heavy atom. The van der Waals surface area contributed by atoms with Crippen LogP contribution in [0.5, 0.6) is 5.75 Å². The van der Waals surface area contributed by atoms with Gasteiger partial charge in [-0.05, 0) is 42.3 Å². The summed E-state index contributed by atoms with van der Waals surface area (Å²) in [5.41, 5.74) is 2.01. The Hall–Kier alpha value is -3.88. The van der Waals surface area contributed by atoms with Gasteiger partial charge in [0.05, 0.1) is 12.1 Å². The van der Waals surface area contributed by atoms with Crippen molar-refractivity contribution < 1.29 is 23.9 Å². The smallest absolute Gasteiger partial charge is 0.322 e. The fourth-order valence-electron chi connectivity index (χ4n) is 4.58. The van der Waals surface area contributed by atoms with Crippen LogP contribution in [0.1, 0.15) is 24.5 Å². The lowest BCUT2D eigenvalue weighted by atomic mass is 9.96. The van der Waals surface area contributed by atoms with Crippen molar-refractivity contribution in [3.63, 3.8) is 0 Å². The van der Waals surface area contributed by atoms with Gasteiger partial charge in [0.25, 0.3) is 5.91 Å². The molecular formula is C23H22N4O5. The molecule has 2 unspecified atom stereocenters. The first kappa shape index (κ1) is 20.0. The van der Waals surface area contributed by atoms with E-state index in [1.807, 2.05) is 25.1 Å². The van der Waals surface area contributed by atoms with E-state index in [4.69, 9.17) is 4.74 Å². The van der Waals surface area contributed by atoms with Crippen LogP contribution in [0.15, 0.2) is 42.5 Å². The van der Waals surface area contributed by atoms with Gasteiger partial charge in [-0.3, -0.25) is 24.6 Å². The lowest BCUT2D eigenvalue weighted by Gasteiger charge is -2.21. The van der Waals surface area contributed by atoms with E-state index in [0.717, 1.165) is 11.1 Å². The first-order chi connectivity index (χ1) is 15.3. The number of nitrogens with one attached hydrogen (secondary N) is 3. The largest absolute Gasteiger partial charge is 0.488 e. The van der Waals surface area contributed by atoms with Crippen molar-refractivity contribution >= 4 is 35.1 Å². The molecule has 9 heteroatoms. The Morgan fingerprint density at radius 2 is 1.94 bits per heavy atom. The third kappa shape index (κ3) is 3.45. The number of benzene rings is 2. The number of para-hydroxylation sites is 2. The molecule has 5 amide bonds. The standard InChI is InChI=1S/C23H22N4O5/c1-13-8-20(29)27(17-4-2-3-5-18(17)32-13)12-19(28)24-16-7-6-14-10-23(11-15(14)9-16)21(30)25-22(31)26-23/h2-7,9,13H,8,10-12H2,1H3,(H,24,28)(H2,25,26,30,31). The average Bonchev–Trinajstić information content (AvgIpc) is 3.19. The van der Waals surface area contributed by atoms with Gasteiger partial charge in [-0.15, -0.1) is 0 Å². The van der Waals surface area contributed by atoms with Crippen LogP contribution in [0.3, 0.4) is 0 Å². The second kappa shape index (κ2) is 7.37. The van der Waals surface area contributed by atoms with Gasteiger partial charge < -0.3 is 15.4 Å². The summed E-state index contributed by atoms with van der Waals surface area (Å²) in [5, 5.41) is 7.85. The highest BCUT2D eigenvalue weighted by Gasteiger charge is 2.50. The SMILES string of the molecule is CC1CC(=O)N(CC(=O)Nc2ccc3c(c2)CC2(C3)NC(=O)NC2=O)c2ccccc2O1. The number of carbonyl (C=O) groups is 4. The van der Waals surface area contributed by atoms with E-state index in [2.05, 4.69) is 16.0 Å². The predicted molar refractivity (Wildman–Crippen MR) is 115 cm³/mol. The van der Waals surface area contributed by atoms with Gasteiger partial charge in [-0.1, -0.05) is 18.2 Å². The molecule has 2 atom stereocenters. The molecule has 5 rings (SSSR count). The molecule has 2 aromatic rings. The summed E-state index contributed by atoms with van der Waals surface area (Å²) in [6, 6.07) is 12.1. The van der Waals surface area contributed by atoms with Crippen molar-refractivity contribution in [3.05, 3.63) is 53.6 Å². The monoisotopic (exact) mass is 434 g/mol. The van der Waals surface area contributed by atoms with E-state index < -0.39 is 11.6 Å². The summed E-state index contributed by atoms with van der Waals surface area (Å²) >= 11 is 0. The minimum Gasteiger partial charge on any atom is -0.488 e. The Labute approximate surface area is 184 Å². The molecule has 32 heavy (non-hydrogen) atoms. The van der Waals surface area contributed by atoms with Crippen molar-refractivity contribution in [3.8, 4) is 5.75 Å². The summed E-state index contributed by atoms with van der Waals surface area (Å²) in [6.45, 7) is 1.67. The number of ether oxygens (including phenoxy) is 1. The lowest BCUT2D eigenvalue weighted by molar-refractivity contribution is -0.123. The van der Waals surface area contributed by atoms with Gasteiger partial charge in [0, 0.05) is 18.5 Å². The number of rotatable bonds is 3. The topological polar surface area (TPSA) is 117 Å². The number of amides is 5. The number of urea groups is 1. The number of anilines is 2. The minimum absolute atomic E-state index is 0.147. The van der Waals surface area contributed by atoms with Crippen LogP contribution in [0.25, 0.3) is 0 Å². The number of nitrogens with zero attached hydrogens (tertiary/aromatic N) is 1. The summed E-state index contributed by atoms with van der Waals surface area (Å²) < 4.78 is 5.81. The van der Waals surface area contributed by atoms with Gasteiger partial charge in [-0.25, -0.2) is 4.79 Å². The third-order valence-electron chi connectivity index (χ3n) is 6.04. The molecule has 3 aliphatic rings. The van der Waals surface area contributed by atoms with Crippen molar-refractivity contribution in [2.45, 2.75) is 37.8 Å². The van der Waals surface area contributed by atoms with Gasteiger partial charge >= 0.3 is 6.03 Å². The maximum Gasteiger partial charge on any atom is 0.322 e. The first-order valence-electron chi connectivity index (χ1n) is 10.4. The quantitative estimate of drug-likeness (QED) is 0.633. The summed E-state index contributed by atoms with van der Waals surface area (Å²) in [7, 11) is 0. The highest BCUT2D eigenvalue weighted by atomic mass is 16.5. The highest BCUT2D eigenvalue weighted by Crippen LogP contribution is 2.35. The van der Waals surface area contributed by atoms with E-state index >= 15 is 0 Å². The molecule has 1 saturated heterocycles. The van der Waals surface area contributed by atoms with Crippen molar-refractivity contribution in [1.82, 2.24) is 10.6 Å². The zero-order chi connectivity index (χ0) is 22.5. The van der Waals surface area contributed by atoms with E-state index in [1.54, 1.807) is 24.3 Å². The molecule has 1 fully saturated rings. The lowest BCUT2D eigenvalue weighted by Crippen LogP contribution is -2.47.